The number of carboxylic acid groups (broad SMARTS) is 1. The Kier molecular flexibility index (Phi) is 5.21. The van der Waals surface area contributed by atoms with Crippen LogP contribution in [0.15, 0.2) is 0 Å². The van der Waals surface area contributed by atoms with Gasteiger partial charge in [0.05, 0.1) is 6.10 Å². The van der Waals surface area contributed by atoms with E-state index in [1.165, 1.54) is 4.90 Å². The van der Waals surface area contributed by atoms with E-state index in [0.29, 0.717) is 6.54 Å². The van der Waals surface area contributed by atoms with Gasteiger partial charge in [-0.3, -0.25) is 0 Å². The van der Waals surface area contributed by atoms with Crippen molar-refractivity contribution in [3.05, 3.63) is 0 Å². The summed E-state index contributed by atoms with van der Waals surface area (Å²) in [4.78, 5) is 23.8. The van der Waals surface area contributed by atoms with Crippen LogP contribution in [-0.2, 0) is 4.79 Å². The molecule has 0 bridgehead atoms. The molecule has 1 rings (SSSR count). The second-order valence-corrected chi connectivity index (χ2v) is 4.33. The zero-order valence-corrected chi connectivity index (χ0v) is 10.1. The topological polar surface area (TPSA) is 89.9 Å². The molecule has 1 unspecified atom stereocenters. The molecule has 0 aromatic carbocycles. The lowest BCUT2D eigenvalue weighted by atomic mass is 10.2. The molecule has 98 valence electrons. The van der Waals surface area contributed by atoms with Crippen molar-refractivity contribution in [1.29, 1.82) is 0 Å². The van der Waals surface area contributed by atoms with Gasteiger partial charge in [0, 0.05) is 19.5 Å². The minimum Gasteiger partial charge on any atom is -0.480 e. The SMILES string of the molecule is CCCCCNC(=O)N1CC(O)C[C@H]1C(=O)O. The molecule has 2 atom stereocenters. The van der Waals surface area contributed by atoms with Crippen LogP contribution in [0.1, 0.15) is 32.6 Å². The van der Waals surface area contributed by atoms with Gasteiger partial charge >= 0.3 is 12.0 Å². The third-order valence-corrected chi connectivity index (χ3v) is 2.88. The fourth-order valence-corrected chi connectivity index (χ4v) is 1.94. The summed E-state index contributed by atoms with van der Waals surface area (Å²) in [6.07, 6.45) is 2.35. The van der Waals surface area contributed by atoms with Crippen LogP contribution in [0, 0.1) is 0 Å². The van der Waals surface area contributed by atoms with Gasteiger partial charge in [-0.2, -0.15) is 0 Å². The van der Waals surface area contributed by atoms with Gasteiger partial charge in [0.15, 0.2) is 0 Å². The number of aliphatic hydroxyl groups is 1. The summed E-state index contributed by atoms with van der Waals surface area (Å²) in [6.45, 7) is 2.71. The van der Waals surface area contributed by atoms with Crippen molar-refractivity contribution in [2.45, 2.75) is 44.8 Å². The maximum Gasteiger partial charge on any atom is 0.326 e. The lowest BCUT2D eigenvalue weighted by molar-refractivity contribution is -0.141. The van der Waals surface area contributed by atoms with Crippen LogP contribution in [0.25, 0.3) is 0 Å². The number of aliphatic carboxylic acids is 1. The van der Waals surface area contributed by atoms with E-state index in [9.17, 15) is 14.7 Å². The first-order valence-corrected chi connectivity index (χ1v) is 6.01. The van der Waals surface area contributed by atoms with Crippen LogP contribution in [0.3, 0.4) is 0 Å². The molecule has 2 amide bonds. The standard InChI is InChI=1S/C11H20N2O4/c1-2-3-4-5-12-11(17)13-7-8(14)6-9(13)10(15)16/h8-9,14H,2-7H2,1H3,(H,12,17)(H,15,16)/t8?,9-/m0/s1. The second kappa shape index (κ2) is 6.44. The van der Waals surface area contributed by atoms with E-state index in [0.717, 1.165) is 19.3 Å². The highest BCUT2D eigenvalue weighted by Crippen LogP contribution is 2.17. The highest BCUT2D eigenvalue weighted by atomic mass is 16.4. The van der Waals surface area contributed by atoms with Gasteiger partial charge in [0.25, 0.3) is 0 Å². The summed E-state index contributed by atoms with van der Waals surface area (Å²) in [5.74, 6) is -1.06. The molecule has 0 saturated carbocycles. The molecule has 1 aliphatic rings. The number of hydrogen-bond acceptors (Lipinski definition) is 3. The Hall–Kier alpha value is -1.30. The first-order valence-electron chi connectivity index (χ1n) is 6.01. The number of nitrogens with zero attached hydrogens (tertiary/aromatic N) is 1. The lowest BCUT2D eigenvalue weighted by Crippen LogP contribution is -2.46. The predicted molar refractivity (Wildman–Crippen MR) is 61.7 cm³/mol. The number of unbranched alkanes of at least 4 members (excludes halogenated alkanes) is 2. The first-order chi connectivity index (χ1) is 8.06. The van der Waals surface area contributed by atoms with Crippen molar-refractivity contribution >= 4 is 12.0 Å². The number of amides is 2. The molecule has 0 spiro atoms. The molecule has 0 aromatic rings. The van der Waals surface area contributed by atoms with Crippen molar-refractivity contribution in [3.8, 4) is 0 Å². The Balaban J connectivity index is 2.41. The average Bonchev–Trinajstić information content (AvgIpc) is 2.66. The van der Waals surface area contributed by atoms with Gasteiger partial charge in [0.2, 0.25) is 0 Å². The van der Waals surface area contributed by atoms with Crippen LogP contribution < -0.4 is 5.32 Å². The third-order valence-electron chi connectivity index (χ3n) is 2.88. The number of rotatable bonds is 5. The predicted octanol–water partition coefficient (Wildman–Crippen LogP) is 0.406. The Morgan fingerprint density at radius 2 is 2.12 bits per heavy atom. The van der Waals surface area contributed by atoms with Crippen molar-refractivity contribution < 1.29 is 19.8 Å². The minimum absolute atomic E-state index is 0.0938. The Morgan fingerprint density at radius 3 is 2.71 bits per heavy atom. The molecule has 0 radical (unpaired) electrons. The largest absolute Gasteiger partial charge is 0.480 e. The number of carbonyl (C=O) groups is 2. The highest BCUT2D eigenvalue weighted by Gasteiger charge is 2.38. The van der Waals surface area contributed by atoms with E-state index in [1.807, 2.05) is 0 Å². The summed E-state index contributed by atoms with van der Waals surface area (Å²) in [7, 11) is 0. The Morgan fingerprint density at radius 1 is 1.41 bits per heavy atom. The van der Waals surface area contributed by atoms with Gasteiger partial charge in [-0.1, -0.05) is 19.8 Å². The second-order valence-electron chi connectivity index (χ2n) is 4.33. The Labute approximate surface area is 101 Å². The highest BCUT2D eigenvalue weighted by molar-refractivity contribution is 5.83. The number of carboxylic acids is 1. The van der Waals surface area contributed by atoms with Crippen LogP contribution in [-0.4, -0.2) is 52.3 Å². The summed E-state index contributed by atoms with van der Waals surface area (Å²) in [5, 5.41) is 21.0. The maximum atomic E-state index is 11.7. The van der Waals surface area contributed by atoms with E-state index in [-0.39, 0.29) is 13.0 Å². The average molecular weight is 244 g/mol. The summed E-state index contributed by atoms with van der Waals surface area (Å²) in [6, 6.07) is -1.30. The zero-order chi connectivity index (χ0) is 12.8. The van der Waals surface area contributed by atoms with E-state index in [4.69, 9.17) is 5.11 Å². The summed E-state index contributed by atoms with van der Waals surface area (Å²) < 4.78 is 0. The molecule has 1 fully saturated rings. The molecule has 6 nitrogen and oxygen atoms in total. The van der Waals surface area contributed by atoms with E-state index >= 15 is 0 Å². The monoisotopic (exact) mass is 244 g/mol. The van der Waals surface area contributed by atoms with Gasteiger partial charge < -0.3 is 20.4 Å². The van der Waals surface area contributed by atoms with E-state index < -0.39 is 24.1 Å². The van der Waals surface area contributed by atoms with E-state index in [2.05, 4.69) is 12.2 Å². The molecule has 17 heavy (non-hydrogen) atoms. The number of aliphatic hydroxyl groups excluding tert-OH is 1. The van der Waals surface area contributed by atoms with Crippen molar-refractivity contribution in [3.63, 3.8) is 0 Å². The fourth-order valence-electron chi connectivity index (χ4n) is 1.94. The number of urea groups is 1. The molecule has 6 heteroatoms. The van der Waals surface area contributed by atoms with Crippen LogP contribution in [0.4, 0.5) is 4.79 Å². The maximum absolute atomic E-state index is 11.7. The quantitative estimate of drug-likeness (QED) is 0.611. The number of likely N-dealkylation sites (tertiary alicyclic amines) is 1. The van der Waals surface area contributed by atoms with E-state index in [1.54, 1.807) is 0 Å². The van der Waals surface area contributed by atoms with Crippen molar-refractivity contribution in [1.82, 2.24) is 10.2 Å². The van der Waals surface area contributed by atoms with Gasteiger partial charge in [-0.25, -0.2) is 9.59 Å². The zero-order valence-electron chi connectivity index (χ0n) is 10.1. The fraction of sp³-hybridized carbons (Fsp3) is 0.818. The summed E-state index contributed by atoms with van der Waals surface area (Å²) in [5.41, 5.74) is 0. The molecule has 1 saturated heterocycles. The molecule has 0 aromatic heterocycles. The van der Waals surface area contributed by atoms with Gasteiger partial charge in [-0.05, 0) is 6.42 Å². The molecular formula is C11H20N2O4. The number of hydrogen-bond donors (Lipinski definition) is 3. The normalized spacial score (nSPS) is 23.8. The van der Waals surface area contributed by atoms with Gasteiger partial charge in [0.1, 0.15) is 6.04 Å². The third kappa shape index (κ3) is 3.89. The summed E-state index contributed by atoms with van der Waals surface area (Å²) >= 11 is 0. The van der Waals surface area contributed by atoms with Crippen LogP contribution in [0.5, 0.6) is 0 Å². The van der Waals surface area contributed by atoms with Crippen molar-refractivity contribution in [2.75, 3.05) is 13.1 Å². The minimum atomic E-state index is -1.06. The Bertz CT molecular complexity index is 283. The first kappa shape index (κ1) is 13.8. The number of β-amino-alcohol motifs (C(OH)–C–C–N with tert-alkyl or cyclic N) is 1. The number of nitrogens with one attached hydrogen (secondary N) is 1. The van der Waals surface area contributed by atoms with Crippen LogP contribution in [0.2, 0.25) is 0 Å². The number of carbonyl (C=O) groups excluding carboxylic acids is 1. The molecular weight excluding hydrogens is 224 g/mol. The molecule has 3 N–H and O–H groups in total. The molecule has 1 aliphatic heterocycles. The smallest absolute Gasteiger partial charge is 0.326 e. The van der Waals surface area contributed by atoms with Crippen LogP contribution >= 0.6 is 0 Å². The van der Waals surface area contributed by atoms with Crippen molar-refractivity contribution in [2.24, 2.45) is 0 Å². The molecule has 0 aliphatic carbocycles. The lowest BCUT2D eigenvalue weighted by Gasteiger charge is -2.21. The van der Waals surface area contributed by atoms with Gasteiger partial charge in [-0.15, -0.1) is 0 Å². The molecule has 1 heterocycles.